The van der Waals surface area contributed by atoms with E-state index in [1.807, 2.05) is 22.7 Å². The molecule has 0 atom stereocenters. The first kappa shape index (κ1) is 18.6. The van der Waals surface area contributed by atoms with Crippen LogP contribution in [0.15, 0.2) is 60.7 Å². The highest BCUT2D eigenvalue weighted by Gasteiger charge is 2.14. The predicted octanol–water partition coefficient (Wildman–Crippen LogP) is 4.81. The molecule has 3 aromatic carbocycles. The maximum atomic E-state index is 5.40. The zero-order valence-electron chi connectivity index (χ0n) is 16.7. The van der Waals surface area contributed by atoms with Crippen LogP contribution in [0.2, 0.25) is 0 Å². The Morgan fingerprint density at radius 3 is 2.50 bits per heavy atom. The Balaban J connectivity index is 1.40. The normalized spacial score (nSPS) is 11.3. The van der Waals surface area contributed by atoms with Crippen molar-refractivity contribution < 1.29 is 9.47 Å². The summed E-state index contributed by atoms with van der Waals surface area (Å²) >= 11 is 1.55. The number of methoxy groups -OCH3 is 2. The van der Waals surface area contributed by atoms with Crippen molar-refractivity contribution in [1.29, 1.82) is 0 Å². The summed E-state index contributed by atoms with van der Waals surface area (Å²) < 4.78 is 12.6. The van der Waals surface area contributed by atoms with Gasteiger partial charge in [0.05, 0.1) is 14.2 Å². The minimum Gasteiger partial charge on any atom is -0.493 e. The van der Waals surface area contributed by atoms with Crippen LogP contribution in [-0.2, 0) is 12.8 Å². The van der Waals surface area contributed by atoms with Crippen LogP contribution in [0, 0.1) is 0 Å². The third-order valence-corrected chi connectivity index (χ3v) is 6.08. The Bertz CT molecular complexity index is 1340. The molecule has 0 radical (unpaired) electrons. The number of rotatable bonds is 6. The molecule has 5 aromatic rings. The lowest BCUT2D eigenvalue weighted by Crippen LogP contribution is -2.00. The third-order valence-electron chi connectivity index (χ3n) is 5.14. The van der Waals surface area contributed by atoms with Gasteiger partial charge in [-0.15, -0.1) is 10.2 Å². The maximum absolute atomic E-state index is 5.40. The molecule has 2 aromatic heterocycles. The summed E-state index contributed by atoms with van der Waals surface area (Å²) in [6.07, 6.45) is 1.54. The Hall–Kier alpha value is -3.45. The van der Waals surface area contributed by atoms with Crippen LogP contribution in [0.25, 0.3) is 26.3 Å². The van der Waals surface area contributed by atoms with Gasteiger partial charge in [0.15, 0.2) is 17.3 Å². The summed E-state index contributed by atoms with van der Waals surface area (Å²) in [5.41, 5.74) is 2.24. The van der Waals surface area contributed by atoms with Crippen LogP contribution < -0.4 is 9.47 Å². The summed E-state index contributed by atoms with van der Waals surface area (Å²) in [5.74, 6) is 2.31. The van der Waals surface area contributed by atoms with Gasteiger partial charge < -0.3 is 9.47 Å². The van der Waals surface area contributed by atoms with E-state index in [1.165, 1.54) is 10.8 Å². The molecule has 30 heavy (non-hydrogen) atoms. The van der Waals surface area contributed by atoms with E-state index in [-0.39, 0.29) is 0 Å². The van der Waals surface area contributed by atoms with Crippen molar-refractivity contribution in [3.8, 4) is 22.1 Å². The monoisotopic (exact) mass is 416 g/mol. The highest BCUT2D eigenvalue weighted by Crippen LogP contribution is 2.30. The van der Waals surface area contributed by atoms with Gasteiger partial charge in [-0.05, 0) is 41.0 Å². The first-order valence-electron chi connectivity index (χ1n) is 9.66. The molecule has 0 N–H and O–H groups in total. The number of hydrogen-bond acceptors (Lipinski definition) is 6. The van der Waals surface area contributed by atoms with Crippen molar-refractivity contribution >= 4 is 27.1 Å². The van der Waals surface area contributed by atoms with Crippen molar-refractivity contribution in [2.24, 2.45) is 0 Å². The second-order valence-electron chi connectivity index (χ2n) is 6.97. The first-order chi connectivity index (χ1) is 14.7. The van der Waals surface area contributed by atoms with Crippen molar-refractivity contribution in [3.05, 3.63) is 72.1 Å². The van der Waals surface area contributed by atoms with Crippen LogP contribution in [-0.4, -0.2) is 34.0 Å². The van der Waals surface area contributed by atoms with Gasteiger partial charge in [0.2, 0.25) is 4.96 Å². The van der Waals surface area contributed by atoms with E-state index in [0.29, 0.717) is 0 Å². The molecule has 0 spiro atoms. The van der Waals surface area contributed by atoms with Gasteiger partial charge in [0.1, 0.15) is 5.01 Å². The second kappa shape index (κ2) is 7.76. The van der Waals surface area contributed by atoms with E-state index in [1.54, 1.807) is 25.6 Å². The zero-order valence-corrected chi connectivity index (χ0v) is 17.5. The van der Waals surface area contributed by atoms with Gasteiger partial charge in [-0.25, -0.2) is 0 Å². The Morgan fingerprint density at radius 1 is 0.833 bits per heavy atom. The number of nitrogens with zero attached hydrogens (tertiary/aromatic N) is 4. The molecule has 2 heterocycles. The first-order valence-corrected chi connectivity index (χ1v) is 10.5. The Kier molecular flexibility index (Phi) is 4.80. The summed E-state index contributed by atoms with van der Waals surface area (Å²) in [6, 6.07) is 20.7. The molecule has 0 aliphatic carbocycles. The van der Waals surface area contributed by atoms with Crippen molar-refractivity contribution in [2.75, 3.05) is 14.2 Å². The molecule has 0 aliphatic heterocycles. The smallest absolute Gasteiger partial charge is 0.234 e. The quantitative estimate of drug-likeness (QED) is 0.398. The summed E-state index contributed by atoms with van der Waals surface area (Å²) in [6.45, 7) is 0. The van der Waals surface area contributed by atoms with E-state index in [9.17, 15) is 0 Å². The number of fused-ring (bicyclic) bond motifs is 2. The Labute approximate surface area is 177 Å². The molecule has 150 valence electrons. The van der Waals surface area contributed by atoms with E-state index >= 15 is 0 Å². The van der Waals surface area contributed by atoms with Crippen molar-refractivity contribution in [2.45, 2.75) is 12.8 Å². The van der Waals surface area contributed by atoms with Gasteiger partial charge in [0.25, 0.3) is 0 Å². The summed E-state index contributed by atoms with van der Waals surface area (Å²) in [4.78, 5) is 0.806. The second-order valence-corrected chi connectivity index (χ2v) is 7.93. The largest absolute Gasteiger partial charge is 0.493 e. The fraction of sp³-hybridized carbons (Fsp3) is 0.174. The van der Waals surface area contributed by atoms with E-state index < -0.39 is 0 Å². The molecule has 0 amide bonds. The molecule has 5 rings (SSSR count). The number of hydrogen-bond donors (Lipinski definition) is 0. The molecule has 7 heteroatoms. The molecular formula is C23H20N4O2S. The van der Waals surface area contributed by atoms with Crippen molar-refractivity contribution in [1.82, 2.24) is 19.8 Å². The lowest BCUT2D eigenvalue weighted by atomic mass is 10.1. The lowest BCUT2D eigenvalue weighted by Gasteiger charge is -2.09. The standard InChI is InChI=1S/C23H20N4O2S/c1-28-19-11-7-15(13-20(19)29-2)8-12-21-24-25-23-27(21)26-22(30-23)18-10-9-16-5-3-4-6-17(16)14-18/h3-7,9-11,13-14H,8,12H2,1-2H3. The topological polar surface area (TPSA) is 61.5 Å². The van der Waals surface area contributed by atoms with E-state index in [0.717, 1.165) is 51.3 Å². The van der Waals surface area contributed by atoms with Crippen molar-refractivity contribution in [3.63, 3.8) is 0 Å². The number of ether oxygens (including phenoxy) is 2. The summed E-state index contributed by atoms with van der Waals surface area (Å²) in [7, 11) is 3.28. The van der Waals surface area contributed by atoms with Gasteiger partial charge in [0, 0.05) is 12.0 Å². The number of aromatic nitrogens is 4. The molecule has 6 nitrogen and oxygen atoms in total. The molecule has 0 fully saturated rings. The van der Waals surface area contributed by atoms with E-state index in [4.69, 9.17) is 14.6 Å². The van der Waals surface area contributed by atoms with Gasteiger partial charge in [-0.2, -0.15) is 9.61 Å². The Morgan fingerprint density at radius 2 is 1.67 bits per heavy atom. The highest BCUT2D eigenvalue weighted by molar-refractivity contribution is 7.19. The fourth-order valence-corrected chi connectivity index (χ4v) is 4.40. The molecule has 0 saturated heterocycles. The van der Waals surface area contributed by atoms with E-state index in [2.05, 4.69) is 52.7 Å². The van der Waals surface area contributed by atoms with Gasteiger partial charge >= 0.3 is 0 Å². The van der Waals surface area contributed by atoms with Crippen LogP contribution >= 0.6 is 11.3 Å². The van der Waals surface area contributed by atoms with Crippen LogP contribution in [0.1, 0.15) is 11.4 Å². The molecule has 0 bridgehead atoms. The molecular weight excluding hydrogens is 396 g/mol. The predicted molar refractivity (Wildman–Crippen MR) is 119 cm³/mol. The minimum atomic E-state index is 0.727. The minimum absolute atomic E-state index is 0.727. The lowest BCUT2D eigenvalue weighted by molar-refractivity contribution is 0.354. The average molecular weight is 417 g/mol. The highest BCUT2D eigenvalue weighted by atomic mass is 32.1. The van der Waals surface area contributed by atoms with Crippen LogP contribution in [0.4, 0.5) is 0 Å². The SMILES string of the molecule is COc1ccc(CCc2nnc3sc(-c4ccc5ccccc5c4)nn23)cc1OC. The van der Waals surface area contributed by atoms with Gasteiger partial charge in [-0.3, -0.25) is 0 Å². The number of benzene rings is 3. The molecule has 0 unspecified atom stereocenters. The zero-order chi connectivity index (χ0) is 20.5. The number of aryl methyl sites for hydroxylation is 2. The van der Waals surface area contributed by atoms with Crippen LogP contribution in [0.3, 0.4) is 0 Å². The fourth-order valence-electron chi connectivity index (χ4n) is 3.54. The third kappa shape index (κ3) is 3.37. The molecule has 0 aliphatic rings. The average Bonchev–Trinajstić information content (AvgIpc) is 3.38. The maximum Gasteiger partial charge on any atom is 0.234 e. The van der Waals surface area contributed by atoms with Gasteiger partial charge in [-0.1, -0.05) is 53.8 Å². The van der Waals surface area contributed by atoms with Crippen LogP contribution in [0.5, 0.6) is 11.5 Å². The summed E-state index contributed by atoms with van der Waals surface area (Å²) in [5, 5.41) is 16.8. The molecule has 0 saturated carbocycles.